The van der Waals surface area contributed by atoms with E-state index >= 15 is 0 Å². The second kappa shape index (κ2) is 7.13. The summed E-state index contributed by atoms with van der Waals surface area (Å²) in [7, 11) is 0. The van der Waals surface area contributed by atoms with E-state index in [-0.39, 0.29) is 11.9 Å². The van der Waals surface area contributed by atoms with Gasteiger partial charge in [0.2, 0.25) is 5.89 Å². The van der Waals surface area contributed by atoms with Gasteiger partial charge in [-0.1, -0.05) is 12.1 Å². The first-order valence-electron chi connectivity index (χ1n) is 8.35. The lowest BCUT2D eigenvalue weighted by Crippen LogP contribution is -2.34. The average Bonchev–Trinajstić information content (AvgIpc) is 3.37. The largest absolute Gasteiger partial charge is 0.446 e. The molecule has 0 saturated heterocycles. The zero-order chi connectivity index (χ0) is 17.9. The van der Waals surface area contributed by atoms with E-state index in [9.17, 15) is 4.79 Å². The Morgan fingerprint density at radius 2 is 2.23 bits per heavy atom. The van der Waals surface area contributed by atoms with Crippen molar-refractivity contribution in [2.45, 2.75) is 25.9 Å². The molecule has 0 saturated carbocycles. The van der Waals surface area contributed by atoms with Crippen LogP contribution in [0, 0.1) is 0 Å². The molecule has 0 bridgehead atoms. The third-order valence-corrected chi connectivity index (χ3v) is 4.85. The maximum Gasteiger partial charge on any atom is 0.273 e. The number of amides is 1. The van der Waals surface area contributed by atoms with Crippen molar-refractivity contribution in [1.82, 2.24) is 19.9 Å². The van der Waals surface area contributed by atoms with Crippen molar-refractivity contribution in [3.63, 3.8) is 0 Å². The Morgan fingerprint density at radius 1 is 1.35 bits per heavy atom. The van der Waals surface area contributed by atoms with Crippen LogP contribution in [0.5, 0.6) is 0 Å². The second-order valence-electron chi connectivity index (χ2n) is 6.20. The van der Waals surface area contributed by atoms with Crippen molar-refractivity contribution < 1.29 is 9.21 Å². The normalized spacial score (nSPS) is 12.3. The molecule has 1 N–H and O–H groups in total. The third-order valence-electron chi connectivity index (χ3n) is 4.12. The summed E-state index contributed by atoms with van der Waals surface area (Å²) in [5.74, 6) is 0.252. The molecule has 26 heavy (non-hydrogen) atoms. The van der Waals surface area contributed by atoms with Crippen LogP contribution in [0.15, 0.2) is 58.1 Å². The number of imidazole rings is 1. The number of carbonyl (C=O) groups excluding carboxylic acids is 1. The molecule has 0 unspecified atom stereocenters. The Labute approximate surface area is 154 Å². The Balaban J connectivity index is 1.41. The topological polar surface area (TPSA) is 73.0 Å². The van der Waals surface area contributed by atoms with Crippen LogP contribution < -0.4 is 5.32 Å². The summed E-state index contributed by atoms with van der Waals surface area (Å²) < 4.78 is 7.42. The summed E-state index contributed by atoms with van der Waals surface area (Å²) in [5.41, 5.74) is 3.43. The molecule has 0 spiro atoms. The number of benzene rings is 1. The minimum absolute atomic E-state index is 0.0230. The van der Waals surface area contributed by atoms with E-state index in [1.807, 2.05) is 41.1 Å². The molecule has 1 amide bonds. The fraction of sp³-hybridized carbons (Fsp3) is 0.211. The molecule has 1 aromatic carbocycles. The number of fused-ring (bicyclic) bond motifs is 1. The number of aromatic nitrogens is 3. The SMILES string of the molecule is C[C@H](Cc1ccsc1)NC(=O)c1coc(Cn2cnc3ccccc32)n1. The van der Waals surface area contributed by atoms with E-state index in [4.69, 9.17) is 4.42 Å². The van der Waals surface area contributed by atoms with Crippen LogP contribution in [0.1, 0.15) is 28.9 Å². The van der Waals surface area contributed by atoms with Gasteiger partial charge in [-0.15, -0.1) is 0 Å². The summed E-state index contributed by atoms with van der Waals surface area (Å²) in [4.78, 5) is 21.0. The summed E-state index contributed by atoms with van der Waals surface area (Å²) in [6, 6.07) is 9.95. The van der Waals surface area contributed by atoms with Gasteiger partial charge in [0.25, 0.3) is 5.91 Å². The number of hydrogen-bond acceptors (Lipinski definition) is 5. The highest BCUT2D eigenvalue weighted by atomic mass is 32.1. The number of nitrogens with one attached hydrogen (secondary N) is 1. The van der Waals surface area contributed by atoms with Crippen LogP contribution in [0.2, 0.25) is 0 Å². The monoisotopic (exact) mass is 366 g/mol. The van der Waals surface area contributed by atoms with Gasteiger partial charge < -0.3 is 14.3 Å². The number of thiophene rings is 1. The second-order valence-corrected chi connectivity index (χ2v) is 6.98. The first kappa shape index (κ1) is 16.5. The first-order valence-corrected chi connectivity index (χ1v) is 9.29. The van der Waals surface area contributed by atoms with Gasteiger partial charge in [-0.05, 0) is 47.9 Å². The predicted octanol–water partition coefficient (Wildman–Crippen LogP) is 3.50. The number of carbonyl (C=O) groups is 1. The van der Waals surface area contributed by atoms with Gasteiger partial charge >= 0.3 is 0 Å². The van der Waals surface area contributed by atoms with Crippen LogP contribution in [0.25, 0.3) is 11.0 Å². The molecule has 3 aromatic heterocycles. The van der Waals surface area contributed by atoms with E-state index < -0.39 is 0 Å². The Hall–Kier alpha value is -2.93. The van der Waals surface area contributed by atoms with Gasteiger partial charge in [0, 0.05) is 6.04 Å². The number of para-hydroxylation sites is 2. The highest BCUT2D eigenvalue weighted by Gasteiger charge is 2.16. The van der Waals surface area contributed by atoms with Crippen molar-refractivity contribution in [2.75, 3.05) is 0 Å². The molecule has 3 heterocycles. The number of rotatable bonds is 6. The zero-order valence-corrected chi connectivity index (χ0v) is 15.1. The lowest BCUT2D eigenvalue weighted by Gasteiger charge is -2.11. The van der Waals surface area contributed by atoms with Crippen LogP contribution in [0.3, 0.4) is 0 Å². The summed E-state index contributed by atoms with van der Waals surface area (Å²) >= 11 is 1.66. The van der Waals surface area contributed by atoms with Crippen molar-refractivity contribution in [2.24, 2.45) is 0 Å². The molecule has 0 aliphatic heterocycles. The van der Waals surface area contributed by atoms with E-state index in [0.29, 0.717) is 18.1 Å². The van der Waals surface area contributed by atoms with E-state index in [1.165, 1.54) is 11.8 Å². The molecule has 0 aliphatic rings. The van der Waals surface area contributed by atoms with Gasteiger partial charge in [0.05, 0.1) is 17.4 Å². The lowest BCUT2D eigenvalue weighted by molar-refractivity contribution is 0.0935. The Kier molecular flexibility index (Phi) is 4.53. The van der Waals surface area contributed by atoms with E-state index in [2.05, 4.69) is 26.7 Å². The fourth-order valence-electron chi connectivity index (χ4n) is 2.88. The molecule has 7 heteroatoms. The minimum atomic E-state index is -0.224. The quantitative estimate of drug-likeness (QED) is 0.567. The summed E-state index contributed by atoms with van der Waals surface area (Å²) in [5, 5.41) is 7.09. The highest BCUT2D eigenvalue weighted by molar-refractivity contribution is 7.07. The minimum Gasteiger partial charge on any atom is -0.446 e. The maximum atomic E-state index is 12.4. The van der Waals surface area contributed by atoms with Crippen molar-refractivity contribution >= 4 is 28.3 Å². The molecule has 1 atom stereocenters. The van der Waals surface area contributed by atoms with Crippen LogP contribution in [-0.4, -0.2) is 26.5 Å². The van der Waals surface area contributed by atoms with Gasteiger partial charge in [-0.3, -0.25) is 4.79 Å². The molecule has 0 fully saturated rings. The van der Waals surface area contributed by atoms with Crippen LogP contribution >= 0.6 is 11.3 Å². The van der Waals surface area contributed by atoms with Crippen molar-refractivity contribution in [3.05, 3.63) is 70.8 Å². The fourth-order valence-corrected chi connectivity index (χ4v) is 3.56. The molecular formula is C19H18N4O2S. The average molecular weight is 366 g/mol. The molecule has 0 radical (unpaired) electrons. The molecule has 4 rings (SSSR count). The molecule has 6 nitrogen and oxygen atoms in total. The van der Waals surface area contributed by atoms with Crippen molar-refractivity contribution in [3.8, 4) is 0 Å². The van der Waals surface area contributed by atoms with Gasteiger partial charge in [-0.25, -0.2) is 9.97 Å². The van der Waals surface area contributed by atoms with E-state index in [0.717, 1.165) is 17.5 Å². The standard InChI is InChI=1S/C19H18N4O2S/c1-13(8-14-6-7-26-11-14)21-19(24)16-10-25-18(22-16)9-23-12-20-15-4-2-3-5-17(15)23/h2-7,10-13H,8-9H2,1H3,(H,21,24)/t13-/m1/s1. The summed E-state index contributed by atoms with van der Waals surface area (Å²) in [6.45, 7) is 2.41. The smallest absolute Gasteiger partial charge is 0.273 e. The molecule has 4 aromatic rings. The van der Waals surface area contributed by atoms with Gasteiger partial charge in [-0.2, -0.15) is 11.3 Å². The Bertz CT molecular complexity index is 1020. The number of nitrogens with zero attached hydrogens (tertiary/aromatic N) is 3. The third kappa shape index (κ3) is 3.52. The van der Waals surface area contributed by atoms with Gasteiger partial charge in [0.1, 0.15) is 12.8 Å². The highest BCUT2D eigenvalue weighted by Crippen LogP contribution is 2.14. The summed E-state index contributed by atoms with van der Waals surface area (Å²) in [6.07, 6.45) is 3.94. The predicted molar refractivity (Wildman–Crippen MR) is 100 cm³/mol. The van der Waals surface area contributed by atoms with Crippen LogP contribution in [0.4, 0.5) is 0 Å². The molecule has 0 aliphatic carbocycles. The van der Waals surface area contributed by atoms with Crippen LogP contribution in [-0.2, 0) is 13.0 Å². The first-order chi connectivity index (χ1) is 12.7. The lowest BCUT2D eigenvalue weighted by atomic mass is 10.1. The molecular weight excluding hydrogens is 348 g/mol. The zero-order valence-electron chi connectivity index (χ0n) is 14.3. The Morgan fingerprint density at radius 3 is 3.08 bits per heavy atom. The molecule has 132 valence electrons. The number of hydrogen-bond donors (Lipinski definition) is 1. The van der Waals surface area contributed by atoms with Crippen molar-refractivity contribution in [1.29, 1.82) is 0 Å². The van der Waals surface area contributed by atoms with E-state index in [1.54, 1.807) is 17.7 Å². The maximum absolute atomic E-state index is 12.4. The van der Waals surface area contributed by atoms with Gasteiger partial charge in [0.15, 0.2) is 5.69 Å². The number of oxazole rings is 1.